The molecule has 1 heterocycles. The van der Waals surface area contributed by atoms with Gasteiger partial charge in [0.05, 0.1) is 0 Å². The van der Waals surface area contributed by atoms with Gasteiger partial charge in [0.25, 0.3) is 0 Å². The Labute approximate surface area is 161 Å². The molecular weight excluding hydrogens is 332 g/mol. The van der Waals surface area contributed by atoms with Crippen LogP contribution in [0.5, 0.6) is 0 Å². The van der Waals surface area contributed by atoms with E-state index in [-0.39, 0.29) is 5.78 Å². The van der Waals surface area contributed by atoms with Gasteiger partial charge in [-0.15, -0.1) is 0 Å². The Bertz CT molecular complexity index is 898. The molecule has 0 saturated carbocycles. The number of nitrogens with zero attached hydrogens (tertiary/aromatic N) is 2. The van der Waals surface area contributed by atoms with Gasteiger partial charge >= 0.3 is 0 Å². The molecule has 0 spiro atoms. The zero-order chi connectivity index (χ0) is 18.5. The second-order valence-corrected chi connectivity index (χ2v) is 7.34. The average molecular weight is 358 g/mol. The standard InChI is InChI=1S/C24H26N2O/c27-24(23-11-10-21-8-4-5-9-22(21)18-23)12-13-25-14-16-26(17-15-25)19-20-6-2-1-3-7-20/h1-11,18H,12-17,19H2. The normalized spacial score (nSPS) is 15.9. The fourth-order valence-corrected chi connectivity index (χ4v) is 3.78. The Kier molecular flexibility index (Phi) is 5.61. The van der Waals surface area contributed by atoms with Crippen LogP contribution in [0.3, 0.4) is 0 Å². The van der Waals surface area contributed by atoms with E-state index in [2.05, 4.69) is 52.3 Å². The highest BCUT2D eigenvalue weighted by Crippen LogP contribution is 2.17. The van der Waals surface area contributed by atoms with Crippen LogP contribution in [0.25, 0.3) is 10.8 Å². The SMILES string of the molecule is O=C(CCN1CCN(Cc2ccccc2)CC1)c1ccc2ccccc2c1. The molecule has 3 aromatic carbocycles. The molecule has 0 aromatic heterocycles. The van der Waals surface area contributed by atoms with Gasteiger partial charge in [-0.1, -0.05) is 66.7 Å². The maximum Gasteiger partial charge on any atom is 0.164 e. The fourth-order valence-electron chi connectivity index (χ4n) is 3.78. The predicted molar refractivity (Wildman–Crippen MR) is 111 cm³/mol. The molecule has 27 heavy (non-hydrogen) atoms. The first-order valence-corrected chi connectivity index (χ1v) is 9.78. The molecule has 0 bridgehead atoms. The van der Waals surface area contributed by atoms with Gasteiger partial charge in [0, 0.05) is 51.3 Å². The molecule has 3 nitrogen and oxygen atoms in total. The first-order chi connectivity index (χ1) is 13.3. The van der Waals surface area contributed by atoms with E-state index < -0.39 is 0 Å². The fraction of sp³-hybridized carbons (Fsp3) is 0.292. The van der Waals surface area contributed by atoms with E-state index in [0.717, 1.165) is 50.2 Å². The molecule has 3 heteroatoms. The lowest BCUT2D eigenvalue weighted by atomic mass is 10.0. The van der Waals surface area contributed by atoms with Crippen molar-refractivity contribution in [2.45, 2.75) is 13.0 Å². The summed E-state index contributed by atoms with van der Waals surface area (Å²) in [4.78, 5) is 17.5. The maximum atomic E-state index is 12.6. The summed E-state index contributed by atoms with van der Waals surface area (Å²) in [5.74, 6) is 0.243. The Balaban J connectivity index is 1.26. The lowest BCUT2D eigenvalue weighted by Crippen LogP contribution is -2.46. The summed E-state index contributed by atoms with van der Waals surface area (Å²) in [6.45, 7) is 6.09. The zero-order valence-corrected chi connectivity index (χ0v) is 15.7. The van der Waals surface area contributed by atoms with Gasteiger partial charge in [0.15, 0.2) is 5.78 Å². The average Bonchev–Trinajstić information content (AvgIpc) is 2.73. The number of rotatable bonds is 6. The van der Waals surface area contributed by atoms with Crippen molar-refractivity contribution in [2.75, 3.05) is 32.7 Å². The molecule has 0 atom stereocenters. The van der Waals surface area contributed by atoms with Crippen molar-refractivity contribution in [1.82, 2.24) is 9.80 Å². The van der Waals surface area contributed by atoms with Crippen LogP contribution in [0.15, 0.2) is 72.8 Å². The predicted octanol–water partition coefficient (Wildman–Crippen LogP) is 4.23. The van der Waals surface area contributed by atoms with Crippen molar-refractivity contribution >= 4 is 16.6 Å². The van der Waals surface area contributed by atoms with Gasteiger partial charge in [-0.25, -0.2) is 0 Å². The highest BCUT2D eigenvalue weighted by molar-refractivity contribution is 6.00. The van der Waals surface area contributed by atoms with Crippen LogP contribution < -0.4 is 0 Å². The van der Waals surface area contributed by atoms with E-state index in [1.54, 1.807) is 0 Å². The van der Waals surface area contributed by atoms with Crippen LogP contribution in [0.4, 0.5) is 0 Å². The monoisotopic (exact) mass is 358 g/mol. The lowest BCUT2D eigenvalue weighted by molar-refractivity contribution is 0.0923. The lowest BCUT2D eigenvalue weighted by Gasteiger charge is -2.34. The van der Waals surface area contributed by atoms with E-state index in [9.17, 15) is 4.79 Å². The minimum Gasteiger partial charge on any atom is -0.300 e. The number of Topliss-reactive ketones (excluding diaryl/α,β-unsaturated/α-hetero) is 1. The number of hydrogen-bond donors (Lipinski definition) is 0. The van der Waals surface area contributed by atoms with Gasteiger partial charge < -0.3 is 4.90 Å². The third-order valence-electron chi connectivity index (χ3n) is 5.44. The van der Waals surface area contributed by atoms with Crippen molar-refractivity contribution in [3.63, 3.8) is 0 Å². The quantitative estimate of drug-likeness (QED) is 0.616. The molecule has 0 amide bonds. The highest BCUT2D eigenvalue weighted by Gasteiger charge is 2.18. The van der Waals surface area contributed by atoms with E-state index in [0.29, 0.717) is 6.42 Å². The van der Waals surface area contributed by atoms with Crippen LogP contribution in [-0.4, -0.2) is 48.3 Å². The molecule has 1 aliphatic rings. The van der Waals surface area contributed by atoms with Crippen molar-refractivity contribution in [1.29, 1.82) is 0 Å². The van der Waals surface area contributed by atoms with Crippen LogP contribution in [0, 0.1) is 0 Å². The Morgan fingerprint density at radius 1 is 0.741 bits per heavy atom. The Hall–Kier alpha value is -2.49. The first-order valence-electron chi connectivity index (χ1n) is 9.78. The maximum absolute atomic E-state index is 12.6. The van der Waals surface area contributed by atoms with Gasteiger partial charge in [0.1, 0.15) is 0 Å². The van der Waals surface area contributed by atoms with Gasteiger partial charge in [0.2, 0.25) is 0 Å². The van der Waals surface area contributed by atoms with Gasteiger partial charge in [-0.3, -0.25) is 9.69 Å². The number of ketones is 1. The number of carbonyl (C=O) groups excluding carboxylic acids is 1. The van der Waals surface area contributed by atoms with Crippen molar-refractivity contribution in [3.05, 3.63) is 83.9 Å². The molecule has 1 aliphatic heterocycles. The highest BCUT2D eigenvalue weighted by atomic mass is 16.1. The Morgan fingerprint density at radius 3 is 2.19 bits per heavy atom. The molecule has 138 valence electrons. The molecule has 3 aromatic rings. The smallest absolute Gasteiger partial charge is 0.164 e. The molecule has 1 fully saturated rings. The van der Waals surface area contributed by atoms with Crippen molar-refractivity contribution < 1.29 is 4.79 Å². The molecule has 0 aliphatic carbocycles. The number of hydrogen-bond acceptors (Lipinski definition) is 3. The molecule has 4 rings (SSSR count). The topological polar surface area (TPSA) is 23.6 Å². The van der Waals surface area contributed by atoms with E-state index in [1.165, 1.54) is 10.9 Å². The molecule has 1 saturated heterocycles. The minimum absolute atomic E-state index is 0.243. The number of benzene rings is 3. The van der Waals surface area contributed by atoms with Crippen molar-refractivity contribution in [2.24, 2.45) is 0 Å². The summed E-state index contributed by atoms with van der Waals surface area (Å²) in [6, 6.07) is 24.9. The van der Waals surface area contributed by atoms with E-state index >= 15 is 0 Å². The summed E-state index contributed by atoms with van der Waals surface area (Å²) in [5.41, 5.74) is 2.20. The van der Waals surface area contributed by atoms with Crippen LogP contribution in [0.2, 0.25) is 0 Å². The third-order valence-corrected chi connectivity index (χ3v) is 5.44. The molecule has 0 N–H and O–H groups in total. The first kappa shape index (κ1) is 17.9. The zero-order valence-electron chi connectivity index (χ0n) is 15.7. The number of piperazine rings is 1. The summed E-state index contributed by atoms with van der Waals surface area (Å²) in [7, 11) is 0. The largest absolute Gasteiger partial charge is 0.300 e. The second-order valence-electron chi connectivity index (χ2n) is 7.34. The van der Waals surface area contributed by atoms with Gasteiger partial charge in [-0.2, -0.15) is 0 Å². The molecule has 0 radical (unpaired) electrons. The Morgan fingerprint density at radius 2 is 1.41 bits per heavy atom. The number of fused-ring (bicyclic) bond motifs is 1. The summed E-state index contributed by atoms with van der Waals surface area (Å²) < 4.78 is 0. The second kappa shape index (κ2) is 8.47. The summed E-state index contributed by atoms with van der Waals surface area (Å²) >= 11 is 0. The molecule has 0 unspecified atom stereocenters. The van der Waals surface area contributed by atoms with E-state index in [1.807, 2.05) is 30.3 Å². The minimum atomic E-state index is 0.243. The summed E-state index contributed by atoms with van der Waals surface area (Å²) in [5, 5.41) is 2.32. The van der Waals surface area contributed by atoms with Crippen molar-refractivity contribution in [3.8, 4) is 0 Å². The van der Waals surface area contributed by atoms with E-state index in [4.69, 9.17) is 0 Å². The summed E-state index contributed by atoms with van der Waals surface area (Å²) in [6.07, 6.45) is 0.594. The van der Waals surface area contributed by atoms with Crippen LogP contribution in [0.1, 0.15) is 22.3 Å². The van der Waals surface area contributed by atoms with Gasteiger partial charge in [-0.05, 0) is 22.4 Å². The number of carbonyl (C=O) groups is 1. The van der Waals surface area contributed by atoms with Crippen LogP contribution in [-0.2, 0) is 6.54 Å². The third kappa shape index (κ3) is 4.62. The van der Waals surface area contributed by atoms with Crippen LogP contribution >= 0.6 is 0 Å². The molecular formula is C24H26N2O.